The van der Waals surface area contributed by atoms with Crippen LogP contribution < -0.4 is 14.8 Å². The number of ether oxygens (including phenoxy) is 3. The lowest BCUT2D eigenvalue weighted by Crippen LogP contribution is -2.09. The summed E-state index contributed by atoms with van der Waals surface area (Å²) in [6.45, 7) is 9.64. The smallest absolute Gasteiger partial charge is 0.306 e. The highest BCUT2D eigenvalue weighted by atomic mass is 16.5. The first kappa shape index (κ1) is 23.4. The van der Waals surface area contributed by atoms with Gasteiger partial charge in [0.25, 0.3) is 0 Å². The molecule has 34 heavy (non-hydrogen) atoms. The Morgan fingerprint density at radius 2 is 1.94 bits per heavy atom. The largest absolute Gasteiger partial charge is 0.493 e. The number of rotatable bonds is 9. The quantitative estimate of drug-likeness (QED) is 0.307. The van der Waals surface area contributed by atoms with Crippen LogP contribution in [0.15, 0.2) is 67.3 Å². The summed E-state index contributed by atoms with van der Waals surface area (Å²) in [4.78, 5) is 11.6. The van der Waals surface area contributed by atoms with Crippen LogP contribution in [0.2, 0.25) is 0 Å². The highest BCUT2D eigenvalue weighted by molar-refractivity contribution is 5.73. The van der Waals surface area contributed by atoms with Crippen LogP contribution in [0.1, 0.15) is 34.6 Å². The van der Waals surface area contributed by atoms with Gasteiger partial charge in [-0.15, -0.1) is 0 Å². The molecule has 176 valence electrons. The first-order valence-electron chi connectivity index (χ1n) is 11.5. The second kappa shape index (κ2) is 10.5. The fourth-order valence-electron chi connectivity index (χ4n) is 4.50. The Morgan fingerprint density at radius 1 is 1.15 bits per heavy atom. The molecule has 1 unspecified atom stereocenters. The Labute approximate surface area is 201 Å². The molecule has 0 radical (unpaired) electrons. The van der Waals surface area contributed by atoms with Crippen molar-refractivity contribution >= 4 is 11.7 Å². The van der Waals surface area contributed by atoms with E-state index in [4.69, 9.17) is 14.2 Å². The highest BCUT2D eigenvalue weighted by Gasteiger charge is 2.26. The van der Waals surface area contributed by atoms with Gasteiger partial charge in [0.15, 0.2) is 0 Å². The number of carbonyl (C=O) groups excluding carboxylic acids is 1. The first-order chi connectivity index (χ1) is 16.5. The minimum atomic E-state index is -0.215. The molecule has 5 nitrogen and oxygen atoms in total. The van der Waals surface area contributed by atoms with Crippen molar-refractivity contribution in [3.63, 3.8) is 0 Å². The molecule has 0 saturated carbocycles. The van der Waals surface area contributed by atoms with E-state index in [9.17, 15) is 4.79 Å². The predicted molar refractivity (Wildman–Crippen MR) is 136 cm³/mol. The summed E-state index contributed by atoms with van der Waals surface area (Å²) in [6, 6.07) is 18.8. The van der Waals surface area contributed by atoms with E-state index in [2.05, 4.69) is 62.1 Å². The Balaban J connectivity index is 1.46. The fourth-order valence-corrected chi connectivity index (χ4v) is 4.50. The van der Waals surface area contributed by atoms with Gasteiger partial charge in [-0.1, -0.05) is 36.9 Å². The molecule has 0 fully saturated rings. The number of benzene rings is 3. The van der Waals surface area contributed by atoms with Gasteiger partial charge in [0.2, 0.25) is 0 Å². The molecule has 1 heterocycles. The minimum Gasteiger partial charge on any atom is -0.493 e. The van der Waals surface area contributed by atoms with E-state index in [1.165, 1.54) is 34.9 Å². The van der Waals surface area contributed by atoms with Gasteiger partial charge in [0.1, 0.15) is 18.1 Å². The highest BCUT2D eigenvalue weighted by Crippen LogP contribution is 2.38. The number of hydrogen-bond acceptors (Lipinski definition) is 5. The van der Waals surface area contributed by atoms with Crippen LogP contribution in [0.3, 0.4) is 0 Å². The zero-order valence-corrected chi connectivity index (χ0v) is 20.0. The lowest BCUT2D eigenvalue weighted by Gasteiger charge is -2.15. The van der Waals surface area contributed by atoms with Gasteiger partial charge in [-0.3, -0.25) is 4.79 Å². The number of aryl methyl sites for hydroxylation is 2. The average molecular weight is 458 g/mol. The summed E-state index contributed by atoms with van der Waals surface area (Å²) in [5.74, 6) is 1.53. The average Bonchev–Trinajstić information content (AvgIpc) is 3.23. The van der Waals surface area contributed by atoms with Gasteiger partial charge >= 0.3 is 5.97 Å². The zero-order chi connectivity index (χ0) is 24.1. The summed E-state index contributed by atoms with van der Waals surface area (Å²) in [7, 11) is 1.41. The molecule has 4 rings (SSSR count). The van der Waals surface area contributed by atoms with E-state index in [0.717, 1.165) is 22.7 Å². The number of hydrogen-bond donors (Lipinski definition) is 1. The van der Waals surface area contributed by atoms with E-state index in [0.29, 0.717) is 26.2 Å². The van der Waals surface area contributed by atoms with Crippen LogP contribution in [0.25, 0.3) is 11.1 Å². The molecule has 1 aliphatic rings. The molecular formula is C29H31NO4. The van der Waals surface area contributed by atoms with Crippen LogP contribution in [0.4, 0.5) is 5.69 Å². The number of nitrogens with one attached hydrogen (secondary N) is 1. The van der Waals surface area contributed by atoms with Crippen LogP contribution in [0.5, 0.6) is 11.5 Å². The summed E-state index contributed by atoms with van der Waals surface area (Å²) >= 11 is 0. The van der Waals surface area contributed by atoms with E-state index >= 15 is 0 Å². The van der Waals surface area contributed by atoms with Crippen molar-refractivity contribution in [3.05, 3.63) is 89.5 Å². The SMILES string of the molecule is C=CCOc1cc(C)c(-c2cccc(CNc3ccc4c(c3)OCC4CC(=O)OC)c2)c(C)c1. The van der Waals surface area contributed by atoms with Crippen LogP contribution in [-0.2, 0) is 16.1 Å². The summed E-state index contributed by atoms with van der Waals surface area (Å²) < 4.78 is 16.3. The number of esters is 1. The van der Waals surface area contributed by atoms with Crippen molar-refractivity contribution < 1.29 is 19.0 Å². The lowest BCUT2D eigenvalue weighted by atomic mass is 9.94. The van der Waals surface area contributed by atoms with E-state index in [-0.39, 0.29) is 11.9 Å². The van der Waals surface area contributed by atoms with Gasteiger partial charge in [0.05, 0.1) is 20.1 Å². The Hall–Kier alpha value is -3.73. The summed E-state index contributed by atoms with van der Waals surface area (Å²) in [5.41, 5.74) is 8.02. The van der Waals surface area contributed by atoms with Gasteiger partial charge in [-0.05, 0) is 65.9 Å². The van der Waals surface area contributed by atoms with Crippen molar-refractivity contribution in [2.24, 2.45) is 0 Å². The number of anilines is 1. The molecular weight excluding hydrogens is 426 g/mol. The van der Waals surface area contributed by atoms with Gasteiger partial charge < -0.3 is 19.5 Å². The maximum atomic E-state index is 11.6. The Kier molecular flexibility index (Phi) is 7.21. The minimum absolute atomic E-state index is 0.0493. The first-order valence-corrected chi connectivity index (χ1v) is 11.5. The third-order valence-corrected chi connectivity index (χ3v) is 6.12. The Morgan fingerprint density at radius 3 is 2.68 bits per heavy atom. The molecule has 0 bridgehead atoms. The van der Waals surface area contributed by atoms with Gasteiger partial charge in [-0.25, -0.2) is 0 Å². The zero-order valence-electron chi connectivity index (χ0n) is 20.0. The molecule has 0 aliphatic carbocycles. The van der Waals surface area contributed by atoms with Crippen LogP contribution >= 0.6 is 0 Å². The summed E-state index contributed by atoms with van der Waals surface area (Å²) in [5, 5.41) is 3.50. The van der Waals surface area contributed by atoms with E-state index < -0.39 is 0 Å². The number of fused-ring (bicyclic) bond motifs is 1. The monoisotopic (exact) mass is 457 g/mol. The fraction of sp³-hybridized carbons (Fsp3) is 0.276. The third kappa shape index (κ3) is 5.25. The molecule has 0 aromatic heterocycles. The van der Waals surface area contributed by atoms with E-state index in [1.54, 1.807) is 6.08 Å². The normalized spacial score (nSPS) is 14.1. The lowest BCUT2D eigenvalue weighted by molar-refractivity contribution is -0.141. The molecule has 3 aromatic carbocycles. The molecule has 0 saturated heterocycles. The topological polar surface area (TPSA) is 56.8 Å². The maximum Gasteiger partial charge on any atom is 0.306 e. The molecule has 3 aromatic rings. The summed E-state index contributed by atoms with van der Waals surface area (Å²) in [6.07, 6.45) is 2.09. The van der Waals surface area contributed by atoms with Crippen molar-refractivity contribution in [1.82, 2.24) is 0 Å². The van der Waals surface area contributed by atoms with Gasteiger partial charge in [-0.2, -0.15) is 0 Å². The molecule has 1 N–H and O–H groups in total. The van der Waals surface area contributed by atoms with Crippen molar-refractivity contribution in [2.45, 2.75) is 32.7 Å². The molecule has 1 atom stereocenters. The van der Waals surface area contributed by atoms with Crippen LogP contribution in [0, 0.1) is 13.8 Å². The molecule has 5 heteroatoms. The Bertz CT molecular complexity index is 1180. The number of methoxy groups -OCH3 is 1. The third-order valence-electron chi connectivity index (χ3n) is 6.12. The second-order valence-electron chi connectivity index (χ2n) is 8.63. The molecule has 0 amide bonds. The standard InChI is InChI=1S/C29H31NO4/c1-5-11-33-25-12-19(2)29(20(3)13-25)22-8-6-7-21(14-22)17-30-24-9-10-26-23(15-28(31)32-4)18-34-27(26)16-24/h5-10,12-14,16,23,30H,1,11,15,17-18H2,2-4H3. The van der Waals surface area contributed by atoms with Crippen molar-refractivity contribution in [1.29, 1.82) is 0 Å². The predicted octanol–water partition coefficient (Wildman–Crippen LogP) is 6.19. The van der Waals surface area contributed by atoms with Crippen LogP contribution in [-0.4, -0.2) is 26.3 Å². The van der Waals surface area contributed by atoms with Crippen molar-refractivity contribution in [3.8, 4) is 22.6 Å². The molecule has 1 aliphatic heterocycles. The molecule has 0 spiro atoms. The van der Waals surface area contributed by atoms with E-state index in [1.807, 2.05) is 18.2 Å². The maximum absolute atomic E-state index is 11.6. The van der Waals surface area contributed by atoms with Crippen molar-refractivity contribution in [2.75, 3.05) is 25.6 Å². The number of carbonyl (C=O) groups is 1. The second-order valence-corrected chi connectivity index (χ2v) is 8.63. The van der Waals surface area contributed by atoms with Gasteiger partial charge in [0, 0.05) is 29.8 Å².